The van der Waals surface area contributed by atoms with E-state index in [0.29, 0.717) is 11.7 Å². The Morgan fingerprint density at radius 1 is 1.43 bits per heavy atom. The Balaban J connectivity index is 1.68. The number of H-pyrrole nitrogens is 1. The molecule has 2 heterocycles. The zero-order valence-electron chi connectivity index (χ0n) is 12.5. The Morgan fingerprint density at radius 3 is 3.14 bits per heavy atom. The molecule has 0 aliphatic carbocycles. The molecule has 1 aliphatic heterocycles. The van der Waals surface area contributed by atoms with Crippen molar-refractivity contribution in [1.29, 1.82) is 0 Å². The molecule has 0 amide bonds. The number of benzene rings is 1. The maximum Gasteiger partial charge on any atom is 0.115 e. The van der Waals surface area contributed by atoms with Crippen LogP contribution >= 0.6 is 0 Å². The Bertz CT molecular complexity index is 593. The number of aromatic nitrogens is 2. The number of likely N-dealkylation sites (tertiary alicyclic amines) is 1. The van der Waals surface area contributed by atoms with Crippen molar-refractivity contribution in [3.63, 3.8) is 0 Å². The van der Waals surface area contributed by atoms with Gasteiger partial charge in [-0.15, -0.1) is 0 Å². The van der Waals surface area contributed by atoms with E-state index in [1.807, 2.05) is 18.3 Å². The molecule has 2 aromatic rings. The molecular formula is C17H23N3O. The first-order chi connectivity index (χ1) is 10.3. The molecule has 1 aromatic carbocycles. The standard InChI is InChI=1S/C17H23N3O/c1-2-14-10-18-19-17(14)15-6-4-8-20(12-15)11-13-5-3-7-16(21)9-13/h3,5,7,9-10,15,21H,2,4,6,8,11-12H2,1H3,(H,18,19). The summed E-state index contributed by atoms with van der Waals surface area (Å²) in [5.41, 5.74) is 3.84. The van der Waals surface area contributed by atoms with Crippen LogP contribution < -0.4 is 0 Å². The molecule has 0 radical (unpaired) electrons. The summed E-state index contributed by atoms with van der Waals surface area (Å²) in [4.78, 5) is 2.48. The molecule has 1 unspecified atom stereocenters. The summed E-state index contributed by atoms with van der Waals surface area (Å²) in [6.07, 6.45) is 5.44. The number of aromatic hydroxyl groups is 1. The fourth-order valence-corrected chi connectivity index (χ4v) is 3.30. The van der Waals surface area contributed by atoms with Gasteiger partial charge in [0.1, 0.15) is 5.75 Å². The van der Waals surface area contributed by atoms with Crippen LogP contribution in [-0.2, 0) is 13.0 Å². The number of phenols is 1. The molecule has 0 saturated carbocycles. The van der Waals surface area contributed by atoms with Gasteiger partial charge in [-0.05, 0) is 49.1 Å². The number of piperidine rings is 1. The van der Waals surface area contributed by atoms with E-state index in [2.05, 4.69) is 28.1 Å². The molecule has 4 nitrogen and oxygen atoms in total. The van der Waals surface area contributed by atoms with Crippen molar-refractivity contribution in [3.05, 3.63) is 47.3 Å². The Hall–Kier alpha value is -1.81. The van der Waals surface area contributed by atoms with Gasteiger partial charge in [0.05, 0.1) is 6.20 Å². The van der Waals surface area contributed by atoms with E-state index < -0.39 is 0 Å². The van der Waals surface area contributed by atoms with E-state index in [9.17, 15) is 5.11 Å². The van der Waals surface area contributed by atoms with Crippen LogP contribution in [-0.4, -0.2) is 33.3 Å². The van der Waals surface area contributed by atoms with Gasteiger partial charge in [0, 0.05) is 24.7 Å². The van der Waals surface area contributed by atoms with Gasteiger partial charge in [-0.1, -0.05) is 19.1 Å². The number of rotatable bonds is 4. The number of hydrogen-bond donors (Lipinski definition) is 2. The fourth-order valence-electron chi connectivity index (χ4n) is 3.30. The molecular weight excluding hydrogens is 262 g/mol. The van der Waals surface area contributed by atoms with Crippen LogP contribution in [0, 0.1) is 0 Å². The minimum Gasteiger partial charge on any atom is -0.508 e. The second-order valence-electron chi connectivity index (χ2n) is 5.91. The number of nitrogens with one attached hydrogen (secondary N) is 1. The first-order valence-corrected chi connectivity index (χ1v) is 7.78. The predicted octanol–water partition coefficient (Wildman–Crippen LogP) is 3.06. The van der Waals surface area contributed by atoms with E-state index in [1.165, 1.54) is 29.7 Å². The van der Waals surface area contributed by atoms with Crippen LogP contribution in [0.15, 0.2) is 30.5 Å². The number of phenolic OH excluding ortho intramolecular Hbond substituents is 1. The van der Waals surface area contributed by atoms with Crippen LogP contribution in [0.25, 0.3) is 0 Å². The summed E-state index contributed by atoms with van der Waals surface area (Å²) in [5.74, 6) is 0.899. The van der Waals surface area contributed by atoms with E-state index in [4.69, 9.17) is 0 Å². The molecule has 3 rings (SSSR count). The molecule has 1 atom stereocenters. The molecule has 1 aromatic heterocycles. The molecule has 4 heteroatoms. The van der Waals surface area contributed by atoms with Gasteiger partial charge in [-0.25, -0.2) is 0 Å². The number of aryl methyl sites for hydroxylation is 1. The lowest BCUT2D eigenvalue weighted by molar-refractivity contribution is 0.198. The van der Waals surface area contributed by atoms with Crippen molar-refractivity contribution < 1.29 is 5.11 Å². The second kappa shape index (κ2) is 6.31. The largest absolute Gasteiger partial charge is 0.508 e. The highest BCUT2D eigenvalue weighted by molar-refractivity contribution is 5.27. The van der Waals surface area contributed by atoms with Crippen molar-refractivity contribution in [3.8, 4) is 5.75 Å². The summed E-state index contributed by atoms with van der Waals surface area (Å²) in [7, 11) is 0. The van der Waals surface area contributed by atoms with Crippen LogP contribution in [0.3, 0.4) is 0 Å². The number of hydrogen-bond acceptors (Lipinski definition) is 3. The van der Waals surface area contributed by atoms with Gasteiger partial charge >= 0.3 is 0 Å². The van der Waals surface area contributed by atoms with Gasteiger partial charge in [-0.2, -0.15) is 5.10 Å². The summed E-state index contributed by atoms with van der Waals surface area (Å²) in [6, 6.07) is 7.57. The van der Waals surface area contributed by atoms with E-state index in [-0.39, 0.29) is 0 Å². The zero-order chi connectivity index (χ0) is 14.7. The maximum absolute atomic E-state index is 9.58. The molecule has 1 saturated heterocycles. The minimum absolute atomic E-state index is 0.350. The summed E-state index contributed by atoms with van der Waals surface area (Å²) in [5, 5.41) is 17.0. The quantitative estimate of drug-likeness (QED) is 0.907. The van der Waals surface area contributed by atoms with Crippen molar-refractivity contribution in [1.82, 2.24) is 15.1 Å². The van der Waals surface area contributed by atoms with E-state index in [1.54, 1.807) is 6.07 Å². The fraction of sp³-hybridized carbons (Fsp3) is 0.471. The van der Waals surface area contributed by atoms with Gasteiger partial charge in [0.2, 0.25) is 0 Å². The Kier molecular flexibility index (Phi) is 4.25. The SMILES string of the molecule is CCc1cn[nH]c1C1CCCN(Cc2cccc(O)c2)C1. The van der Waals surface area contributed by atoms with Crippen molar-refractivity contribution in [2.45, 2.75) is 38.6 Å². The van der Waals surface area contributed by atoms with Crippen LogP contribution in [0.5, 0.6) is 5.75 Å². The van der Waals surface area contributed by atoms with Crippen LogP contribution in [0.1, 0.15) is 42.5 Å². The van der Waals surface area contributed by atoms with Crippen molar-refractivity contribution in [2.75, 3.05) is 13.1 Å². The molecule has 0 bridgehead atoms. The highest BCUT2D eigenvalue weighted by Gasteiger charge is 2.24. The molecule has 1 fully saturated rings. The summed E-state index contributed by atoms with van der Waals surface area (Å²) >= 11 is 0. The van der Waals surface area contributed by atoms with E-state index >= 15 is 0 Å². The summed E-state index contributed by atoms with van der Waals surface area (Å²) < 4.78 is 0. The normalized spacial score (nSPS) is 19.8. The average molecular weight is 285 g/mol. The topological polar surface area (TPSA) is 52.2 Å². The monoisotopic (exact) mass is 285 g/mol. The number of aromatic amines is 1. The average Bonchev–Trinajstić information content (AvgIpc) is 2.96. The number of nitrogens with zero attached hydrogens (tertiary/aromatic N) is 2. The highest BCUT2D eigenvalue weighted by atomic mass is 16.3. The molecule has 2 N–H and O–H groups in total. The van der Waals surface area contributed by atoms with E-state index in [0.717, 1.165) is 26.1 Å². The molecule has 1 aliphatic rings. The Morgan fingerprint density at radius 2 is 2.33 bits per heavy atom. The summed E-state index contributed by atoms with van der Waals surface area (Å²) in [6.45, 7) is 5.27. The van der Waals surface area contributed by atoms with Gasteiger partial charge < -0.3 is 5.11 Å². The first kappa shape index (κ1) is 14.1. The van der Waals surface area contributed by atoms with Crippen molar-refractivity contribution in [2.24, 2.45) is 0 Å². The van der Waals surface area contributed by atoms with Gasteiger partial charge in [0.15, 0.2) is 0 Å². The van der Waals surface area contributed by atoms with Crippen LogP contribution in [0.2, 0.25) is 0 Å². The first-order valence-electron chi connectivity index (χ1n) is 7.78. The molecule has 112 valence electrons. The smallest absolute Gasteiger partial charge is 0.115 e. The third kappa shape index (κ3) is 3.27. The minimum atomic E-state index is 0.350. The zero-order valence-corrected chi connectivity index (χ0v) is 12.5. The van der Waals surface area contributed by atoms with Gasteiger partial charge in [-0.3, -0.25) is 10.00 Å². The lowest BCUT2D eigenvalue weighted by Gasteiger charge is -2.32. The maximum atomic E-state index is 9.58. The third-order valence-corrected chi connectivity index (χ3v) is 4.36. The molecule has 21 heavy (non-hydrogen) atoms. The highest BCUT2D eigenvalue weighted by Crippen LogP contribution is 2.29. The predicted molar refractivity (Wildman–Crippen MR) is 83.3 cm³/mol. The third-order valence-electron chi connectivity index (χ3n) is 4.36. The van der Waals surface area contributed by atoms with Crippen molar-refractivity contribution >= 4 is 0 Å². The van der Waals surface area contributed by atoms with Gasteiger partial charge in [0.25, 0.3) is 0 Å². The Labute approximate surface area is 125 Å². The lowest BCUT2D eigenvalue weighted by atomic mass is 9.91. The molecule has 0 spiro atoms. The van der Waals surface area contributed by atoms with Crippen LogP contribution in [0.4, 0.5) is 0 Å². The second-order valence-corrected chi connectivity index (χ2v) is 5.91. The lowest BCUT2D eigenvalue weighted by Crippen LogP contribution is -2.34.